The summed E-state index contributed by atoms with van der Waals surface area (Å²) in [5.74, 6) is -0.132. The Balaban J connectivity index is 1.60. The molecule has 0 bridgehead atoms. The van der Waals surface area contributed by atoms with Crippen LogP contribution in [0.3, 0.4) is 0 Å². The maximum Gasteiger partial charge on any atom is 0.221 e. The Bertz CT molecular complexity index is 980. The van der Waals surface area contributed by atoms with Gasteiger partial charge in [-0.05, 0) is 42.2 Å². The highest BCUT2D eigenvalue weighted by molar-refractivity contribution is 5.79. The third-order valence-electron chi connectivity index (χ3n) is 5.43. The highest BCUT2D eigenvalue weighted by atomic mass is 16.3. The van der Waals surface area contributed by atoms with Gasteiger partial charge in [0.05, 0.1) is 5.54 Å². The Morgan fingerprint density at radius 1 is 0.929 bits per heavy atom. The fraction of sp³-hybridized carbons (Fsp3) is 0.208. The molecule has 3 N–H and O–H groups in total. The molecule has 142 valence electrons. The summed E-state index contributed by atoms with van der Waals surface area (Å²) in [6, 6.07) is 23.9. The van der Waals surface area contributed by atoms with Crippen molar-refractivity contribution < 1.29 is 15.0 Å². The van der Waals surface area contributed by atoms with Gasteiger partial charge in [-0.25, -0.2) is 0 Å². The fourth-order valence-electron chi connectivity index (χ4n) is 3.80. The van der Waals surface area contributed by atoms with Gasteiger partial charge in [-0.15, -0.1) is 0 Å². The second-order valence-corrected chi connectivity index (χ2v) is 7.41. The summed E-state index contributed by atoms with van der Waals surface area (Å²) in [4.78, 5) is 13.0. The van der Waals surface area contributed by atoms with Crippen LogP contribution in [0.2, 0.25) is 0 Å². The van der Waals surface area contributed by atoms with E-state index in [2.05, 4.69) is 5.32 Å². The zero-order chi connectivity index (χ0) is 19.6. The lowest BCUT2D eigenvalue weighted by Crippen LogP contribution is -2.35. The van der Waals surface area contributed by atoms with Gasteiger partial charge in [-0.1, -0.05) is 60.7 Å². The van der Waals surface area contributed by atoms with Crippen molar-refractivity contribution in [2.45, 2.75) is 30.7 Å². The zero-order valence-corrected chi connectivity index (χ0v) is 15.5. The second-order valence-electron chi connectivity index (χ2n) is 7.41. The molecule has 4 rings (SSSR count). The van der Waals surface area contributed by atoms with E-state index in [9.17, 15) is 15.0 Å². The first-order valence-electron chi connectivity index (χ1n) is 9.51. The quantitative estimate of drug-likeness (QED) is 0.599. The molecule has 1 aliphatic carbocycles. The summed E-state index contributed by atoms with van der Waals surface area (Å²) < 4.78 is 0. The molecule has 28 heavy (non-hydrogen) atoms. The predicted octanol–water partition coefficient (Wildman–Crippen LogP) is 4.43. The number of para-hydroxylation sites is 1. The Kier molecular flexibility index (Phi) is 4.78. The largest absolute Gasteiger partial charge is 0.508 e. The number of phenols is 2. The van der Waals surface area contributed by atoms with Crippen molar-refractivity contribution in [1.82, 2.24) is 5.32 Å². The average Bonchev–Trinajstić information content (AvgIpc) is 3.48. The first-order chi connectivity index (χ1) is 13.6. The molecule has 0 saturated heterocycles. The van der Waals surface area contributed by atoms with Gasteiger partial charge in [0.2, 0.25) is 5.91 Å². The van der Waals surface area contributed by atoms with Crippen molar-refractivity contribution in [2.24, 2.45) is 0 Å². The van der Waals surface area contributed by atoms with Gasteiger partial charge < -0.3 is 15.5 Å². The maximum absolute atomic E-state index is 13.0. The highest BCUT2D eigenvalue weighted by Gasteiger charge is 2.45. The first kappa shape index (κ1) is 18.1. The SMILES string of the molecule is O=C(C[C@H](c1cccc(O)c1)c1ccccc1O)NC1(c2ccccc2)CC1. The molecule has 4 heteroatoms. The van der Waals surface area contributed by atoms with Gasteiger partial charge in [0.1, 0.15) is 11.5 Å². The van der Waals surface area contributed by atoms with Gasteiger partial charge in [-0.3, -0.25) is 4.79 Å². The van der Waals surface area contributed by atoms with E-state index < -0.39 is 0 Å². The first-order valence-corrected chi connectivity index (χ1v) is 9.51. The Morgan fingerprint density at radius 3 is 2.32 bits per heavy atom. The van der Waals surface area contributed by atoms with Gasteiger partial charge >= 0.3 is 0 Å². The van der Waals surface area contributed by atoms with E-state index in [1.165, 1.54) is 0 Å². The molecule has 4 nitrogen and oxygen atoms in total. The van der Waals surface area contributed by atoms with Crippen molar-refractivity contribution in [1.29, 1.82) is 0 Å². The van der Waals surface area contributed by atoms with Crippen molar-refractivity contribution in [2.75, 3.05) is 0 Å². The van der Waals surface area contributed by atoms with E-state index in [0.717, 1.165) is 24.0 Å². The molecule has 1 atom stereocenters. The van der Waals surface area contributed by atoms with E-state index in [1.54, 1.807) is 30.3 Å². The summed E-state index contributed by atoms with van der Waals surface area (Å²) in [5, 5.41) is 23.5. The van der Waals surface area contributed by atoms with Crippen LogP contribution >= 0.6 is 0 Å². The van der Waals surface area contributed by atoms with Crippen LogP contribution in [0.25, 0.3) is 0 Å². The molecule has 1 saturated carbocycles. The molecule has 1 amide bonds. The predicted molar refractivity (Wildman–Crippen MR) is 108 cm³/mol. The smallest absolute Gasteiger partial charge is 0.221 e. The molecular formula is C24H23NO3. The summed E-state index contributed by atoms with van der Waals surface area (Å²) >= 11 is 0. The van der Waals surface area contributed by atoms with Gasteiger partial charge in [-0.2, -0.15) is 0 Å². The van der Waals surface area contributed by atoms with Crippen molar-refractivity contribution >= 4 is 5.91 Å². The minimum absolute atomic E-state index is 0.0713. The summed E-state index contributed by atoms with van der Waals surface area (Å²) in [6.07, 6.45) is 2.04. The number of carbonyl (C=O) groups excluding carboxylic acids is 1. The van der Waals surface area contributed by atoms with Crippen LogP contribution in [0.1, 0.15) is 41.9 Å². The number of benzene rings is 3. The van der Waals surface area contributed by atoms with Gasteiger partial charge in [0.15, 0.2) is 0 Å². The Hall–Kier alpha value is -3.27. The van der Waals surface area contributed by atoms with Gasteiger partial charge in [0.25, 0.3) is 0 Å². The third kappa shape index (κ3) is 3.72. The number of rotatable bonds is 6. The van der Waals surface area contributed by atoms with Crippen LogP contribution in [0.5, 0.6) is 11.5 Å². The van der Waals surface area contributed by atoms with Crippen LogP contribution in [-0.2, 0) is 10.3 Å². The summed E-state index contributed by atoms with van der Waals surface area (Å²) in [7, 11) is 0. The van der Waals surface area contributed by atoms with E-state index in [4.69, 9.17) is 0 Å². The van der Waals surface area contributed by atoms with E-state index in [-0.39, 0.29) is 35.3 Å². The van der Waals surface area contributed by atoms with Crippen LogP contribution < -0.4 is 5.32 Å². The molecule has 3 aromatic carbocycles. The standard InChI is InChI=1S/C24H23NO3/c26-19-10-6-7-17(15-19)21(20-11-4-5-12-22(20)27)16-23(28)25-24(13-14-24)18-8-2-1-3-9-18/h1-12,15,21,26-27H,13-14,16H2,(H,25,28)/t21-/m1/s1. The lowest BCUT2D eigenvalue weighted by molar-refractivity contribution is -0.122. The molecular weight excluding hydrogens is 350 g/mol. The number of aromatic hydroxyl groups is 2. The topological polar surface area (TPSA) is 69.6 Å². The molecule has 0 aliphatic heterocycles. The molecule has 0 unspecified atom stereocenters. The van der Waals surface area contributed by atoms with Crippen molar-refractivity contribution in [3.05, 3.63) is 95.6 Å². The molecule has 0 aromatic heterocycles. The number of carbonyl (C=O) groups is 1. The Labute approximate surface area is 164 Å². The molecule has 1 aliphatic rings. The Morgan fingerprint density at radius 2 is 1.64 bits per heavy atom. The minimum Gasteiger partial charge on any atom is -0.508 e. The van der Waals surface area contributed by atoms with E-state index >= 15 is 0 Å². The fourth-order valence-corrected chi connectivity index (χ4v) is 3.80. The lowest BCUT2D eigenvalue weighted by Gasteiger charge is -2.22. The monoisotopic (exact) mass is 373 g/mol. The van der Waals surface area contributed by atoms with Gasteiger partial charge in [0, 0.05) is 17.9 Å². The van der Waals surface area contributed by atoms with Crippen LogP contribution in [0.15, 0.2) is 78.9 Å². The molecule has 0 radical (unpaired) electrons. The van der Waals surface area contributed by atoms with Crippen molar-refractivity contribution in [3.63, 3.8) is 0 Å². The number of phenolic OH excluding ortho intramolecular Hbond substituents is 2. The third-order valence-corrected chi connectivity index (χ3v) is 5.43. The molecule has 3 aromatic rings. The van der Waals surface area contributed by atoms with E-state index in [1.807, 2.05) is 48.5 Å². The lowest BCUT2D eigenvalue weighted by atomic mass is 9.87. The highest BCUT2D eigenvalue weighted by Crippen LogP contribution is 2.46. The normalized spacial score (nSPS) is 15.6. The van der Waals surface area contributed by atoms with Crippen LogP contribution in [0, 0.1) is 0 Å². The number of nitrogens with one attached hydrogen (secondary N) is 1. The summed E-state index contributed by atoms with van der Waals surface area (Å²) in [6.45, 7) is 0. The van der Waals surface area contributed by atoms with Crippen molar-refractivity contribution in [3.8, 4) is 11.5 Å². The maximum atomic E-state index is 13.0. The minimum atomic E-state index is -0.347. The summed E-state index contributed by atoms with van der Waals surface area (Å²) in [5.41, 5.74) is 2.31. The zero-order valence-electron chi connectivity index (χ0n) is 15.5. The number of amides is 1. The molecule has 1 fully saturated rings. The van der Waals surface area contributed by atoms with Crippen LogP contribution in [0.4, 0.5) is 0 Å². The molecule has 0 heterocycles. The van der Waals surface area contributed by atoms with E-state index in [0.29, 0.717) is 5.56 Å². The average molecular weight is 373 g/mol. The number of hydrogen-bond donors (Lipinski definition) is 3. The van der Waals surface area contributed by atoms with Crippen LogP contribution in [-0.4, -0.2) is 16.1 Å². The second kappa shape index (κ2) is 7.39. The number of hydrogen-bond acceptors (Lipinski definition) is 3. The molecule has 0 spiro atoms.